The highest BCUT2D eigenvalue weighted by molar-refractivity contribution is 6.62. The summed E-state index contributed by atoms with van der Waals surface area (Å²) in [5.74, 6) is 0. The predicted molar refractivity (Wildman–Crippen MR) is 58.1 cm³/mol. The Morgan fingerprint density at radius 1 is 1.62 bits per heavy atom. The van der Waals surface area contributed by atoms with Crippen LogP contribution < -0.4 is 16.5 Å². The molecule has 2 rings (SSSR count). The average molecular weight is 222 g/mol. The molecule has 1 amide bonds. The van der Waals surface area contributed by atoms with Gasteiger partial charge >= 0.3 is 13.2 Å². The molecule has 6 nitrogen and oxygen atoms in total. The molecule has 7 heteroatoms. The summed E-state index contributed by atoms with van der Waals surface area (Å²) in [6.07, 6.45) is -1.13. The number of anilines is 1. The van der Waals surface area contributed by atoms with E-state index in [-0.39, 0.29) is 6.54 Å². The van der Waals surface area contributed by atoms with Gasteiger partial charge in [0.05, 0.1) is 6.61 Å². The second-order valence-electron chi connectivity index (χ2n) is 3.53. The van der Waals surface area contributed by atoms with Crippen molar-refractivity contribution in [2.75, 3.05) is 5.73 Å². The van der Waals surface area contributed by atoms with Crippen molar-refractivity contribution in [1.29, 1.82) is 0 Å². The molecule has 0 spiro atoms. The third-order valence-corrected chi connectivity index (χ3v) is 2.54. The van der Waals surface area contributed by atoms with Gasteiger partial charge in [0.15, 0.2) is 0 Å². The zero-order chi connectivity index (χ0) is 11.7. The van der Waals surface area contributed by atoms with Crippen molar-refractivity contribution in [3.05, 3.63) is 23.3 Å². The Balaban J connectivity index is 2.35. The Kier molecular flexibility index (Phi) is 2.72. The maximum absolute atomic E-state index is 10.4. The smallest absolute Gasteiger partial charge is 0.465 e. The molecule has 0 radical (unpaired) electrons. The highest BCUT2D eigenvalue weighted by atomic mass is 16.5. The van der Waals surface area contributed by atoms with E-state index in [9.17, 15) is 9.82 Å². The van der Waals surface area contributed by atoms with Crippen molar-refractivity contribution in [2.45, 2.75) is 13.2 Å². The lowest BCUT2D eigenvalue weighted by atomic mass is 9.75. The Morgan fingerprint density at radius 2 is 2.38 bits per heavy atom. The Hall–Kier alpha value is -1.73. The molecule has 1 aliphatic rings. The number of rotatable bonds is 2. The number of hydrogen-bond donors (Lipinski definition) is 4. The number of amides is 1. The monoisotopic (exact) mass is 222 g/mol. The van der Waals surface area contributed by atoms with Gasteiger partial charge in [0.1, 0.15) is 0 Å². The van der Waals surface area contributed by atoms with Gasteiger partial charge in [-0.1, -0.05) is 6.07 Å². The van der Waals surface area contributed by atoms with Crippen LogP contribution in [0.15, 0.2) is 12.1 Å². The van der Waals surface area contributed by atoms with E-state index in [1.165, 1.54) is 0 Å². The van der Waals surface area contributed by atoms with Crippen LogP contribution in [0.2, 0.25) is 0 Å². The van der Waals surface area contributed by atoms with E-state index in [2.05, 4.69) is 5.32 Å². The third kappa shape index (κ3) is 1.82. The molecule has 84 valence electrons. The SMILES string of the molecule is Nc1ccc2c(c1CNC(=O)O)B(O)OC2. The molecule has 0 fully saturated rings. The first-order chi connectivity index (χ1) is 7.59. The minimum atomic E-state index is -1.13. The second kappa shape index (κ2) is 4.03. The molecular weight excluding hydrogens is 211 g/mol. The Morgan fingerprint density at radius 3 is 3.06 bits per heavy atom. The summed E-state index contributed by atoms with van der Waals surface area (Å²) in [6.45, 7) is 0.377. The largest absolute Gasteiger partial charge is 0.492 e. The Labute approximate surface area is 92.2 Å². The van der Waals surface area contributed by atoms with Crippen LogP contribution in [0.3, 0.4) is 0 Å². The summed E-state index contributed by atoms with van der Waals surface area (Å²) in [7, 11) is -1.02. The number of nitrogen functional groups attached to an aromatic ring is 1. The fourth-order valence-corrected chi connectivity index (χ4v) is 1.78. The number of carbonyl (C=O) groups is 1. The summed E-state index contributed by atoms with van der Waals surface area (Å²) in [6, 6.07) is 3.45. The maximum atomic E-state index is 10.4. The van der Waals surface area contributed by atoms with Gasteiger partial charge in [0, 0.05) is 12.2 Å². The molecule has 1 heterocycles. The predicted octanol–water partition coefficient (Wildman–Crippen LogP) is -0.746. The topological polar surface area (TPSA) is 105 Å². The summed E-state index contributed by atoms with van der Waals surface area (Å²) < 4.78 is 5.05. The molecular formula is C9H11BN2O4. The summed E-state index contributed by atoms with van der Waals surface area (Å²) in [4.78, 5) is 10.4. The summed E-state index contributed by atoms with van der Waals surface area (Å²) >= 11 is 0. The van der Waals surface area contributed by atoms with Crippen molar-refractivity contribution in [3.63, 3.8) is 0 Å². The highest BCUT2D eigenvalue weighted by Gasteiger charge is 2.31. The van der Waals surface area contributed by atoms with Gasteiger partial charge < -0.3 is 25.8 Å². The van der Waals surface area contributed by atoms with E-state index in [1.807, 2.05) is 0 Å². The number of hydrogen-bond acceptors (Lipinski definition) is 4. The van der Waals surface area contributed by atoms with Crippen molar-refractivity contribution in [3.8, 4) is 0 Å². The minimum absolute atomic E-state index is 0.0603. The lowest BCUT2D eigenvalue weighted by Crippen LogP contribution is -2.35. The molecule has 0 saturated carbocycles. The number of fused-ring (bicyclic) bond motifs is 1. The second-order valence-corrected chi connectivity index (χ2v) is 3.53. The molecule has 1 aromatic carbocycles. The van der Waals surface area contributed by atoms with Crippen LogP contribution in [0.1, 0.15) is 11.1 Å². The van der Waals surface area contributed by atoms with E-state index >= 15 is 0 Å². The fraction of sp³-hybridized carbons (Fsp3) is 0.222. The van der Waals surface area contributed by atoms with E-state index in [4.69, 9.17) is 15.5 Å². The fourth-order valence-electron chi connectivity index (χ4n) is 1.78. The maximum Gasteiger partial charge on any atom is 0.492 e. The molecule has 1 aromatic rings. The van der Waals surface area contributed by atoms with Gasteiger partial charge in [-0.25, -0.2) is 4.79 Å². The number of nitrogens with one attached hydrogen (secondary N) is 1. The standard InChI is InChI=1S/C9H11BN2O4/c11-7-2-1-5-4-16-10(15)8(5)6(7)3-12-9(13)14/h1-2,12,15H,3-4,11H2,(H,13,14). The molecule has 0 aliphatic carbocycles. The van der Waals surface area contributed by atoms with Crippen LogP contribution in [-0.4, -0.2) is 23.3 Å². The van der Waals surface area contributed by atoms with Gasteiger partial charge in [-0.3, -0.25) is 0 Å². The van der Waals surface area contributed by atoms with Crippen molar-refractivity contribution in [2.24, 2.45) is 0 Å². The van der Waals surface area contributed by atoms with Crippen LogP contribution in [0.5, 0.6) is 0 Å². The van der Waals surface area contributed by atoms with Gasteiger partial charge in [0.2, 0.25) is 0 Å². The number of carboxylic acid groups (broad SMARTS) is 1. The number of nitrogens with two attached hydrogens (primary N) is 1. The van der Waals surface area contributed by atoms with Gasteiger partial charge in [0.25, 0.3) is 0 Å². The first-order valence-electron chi connectivity index (χ1n) is 4.76. The van der Waals surface area contributed by atoms with Crippen molar-refractivity contribution in [1.82, 2.24) is 5.32 Å². The van der Waals surface area contributed by atoms with Crippen LogP contribution >= 0.6 is 0 Å². The van der Waals surface area contributed by atoms with Crippen LogP contribution in [0.25, 0.3) is 0 Å². The third-order valence-electron chi connectivity index (χ3n) is 2.54. The Bertz CT molecular complexity index is 438. The quantitative estimate of drug-likeness (QED) is 0.389. The highest BCUT2D eigenvalue weighted by Crippen LogP contribution is 2.18. The van der Waals surface area contributed by atoms with Crippen LogP contribution in [0, 0.1) is 0 Å². The van der Waals surface area contributed by atoms with Crippen LogP contribution in [-0.2, 0) is 17.8 Å². The molecule has 0 bridgehead atoms. The van der Waals surface area contributed by atoms with Gasteiger partial charge in [-0.05, 0) is 22.7 Å². The number of benzene rings is 1. The van der Waals surface area contributed by atoms with Crippen LogP contribution in [0.4, 0.5) is 10.5 Å². The first-order valence-corrected chi connectivity index (χ1v) is 4.76. The van der Waals surface area contributed by atoms with Gasteiger partial charge in [-0.2, -0.15) is 0 Å². The molecule has 16 heavy (non-hydrogen) atoms. The zero-order valence-corrected chi connectivity index (χ0v) is 8.43. The average Bonchev–Trinajstić information content (AvgIpc) is 2.59. The van der Waals surface area contributed by atoms with Gasteiger partial charge in [-0.15, -0.1) is 0 Å². The molecule has 0 saturated heterocycles. The lowest BCUT2D eigenvalue weighted by molar-refractivity contribution is 0.194. The van der Waals surface area contributed by atoms with E-state index in [1.54, 1.807) is 12.1 Å². The first kappa shape index (κ1) is 10.8. The van der Waals surface area contributed by atoms with E-state index < -0.39 is 13.2 Å². The summed E-state index contributed by atoms with van der Waals surface area (Å²) in [5.41, 5.74) is 8.17. The molecule has 5 N–H and O–H groups in total. The zero-order valence-electron chi connectivity index (χ0n) is 8.43. The summed E-state index contributed by atoms with van der Waals surface area (Å²) in [5, 5.41) is 20.4. The van der Waals surface area contributed by atoms with E-state index in [0.717, 1.165) is 5.56 Å². The molecule has 0 atom stereocenters. The molecule has 0 aromatic heterocycles. The van der Waals surface area contributed by atoms with Crippen molar-refractivity contribution < 1.29 is 19.6 Å². The normalized spacial score (nSPS) is 13.7. The lowest BCUT2D eigenvalue weighted by Gasteiger charge is -2.11. The van der Waals surface area contributed by atoms with E-state index in [0.29, 0.717) is 23.3 Å². The molecule has 1 aliphatic heterocycles. The molecule has 0 unspecified atom stereocenters. The van der Waals surface area contributed by atoms with Crippen molar-refractivity contribution >= 4 is 24.4 Å². The minimum Gasteiger partial charge on any atom is -0.465 e.